The Hall–Kier alpha value is -2.32. The van der Waals surface area contributed by atoms with E-state index in [1.807, 2.05) is 25.9 Å². The number of hydrogen-bond donors (Lipinski definition) is 5. The van der Waals surface area contributed by atoms with Gasteiger partial charge in [-0.05, 0) is 87.7 Å². The first-order chi connectivity index (χ1) is 33.3. The number of ketones is 1. The molecule has 17 nitrogen and oxygen atoms in total. The van der Waals surface area contributed by atoms with E-state index in [-0.39, 0.29) is 44.4 Å². The van der Waals surface area contributed by atoms with E-state index in [0.717, 1.165) is 19.3 Å². The molecule has 3 fully saturated rings. The number of rotatable bonds is 23. The van der Waals surface area contributed by atoms with E-state index in [0.29, 0.717) is 13.0 Å². The largest absolute Gasteiger partial charge is 0.459 e. The number of aliphatic hydroxyl groups is 4. The first-order valence-corrected chi connectivity index (χ1v) is 27.1. The molecule has 5 N–H and O–H groups in total. The number of hydrogen-bond acceptors (Lipinski definition) is 16. The van der Waals surface area contributed by atoms with Crippen molar-refractivity contribution in [1.29, 1.82) is 0 Å². The fourth-order valence-electron chi connectivity index (χ4n) is 11.1. The van der Waals surface area contributed by atoms with E-state index >= 15 is 0 Å². The van der Waals surface area contributed by atoms with E-state index in [1.165, 1.54) is 72.8 Å². The molecule has 1 amide bonds. The Morgan fingerprint density at radius 1 is 0.775 bits per heavy atom. The molecule has 17 heteroatoms. The second-order valence-electron chi connectivity index (χ2n) is 22.3. The Kier molecular flexibility index (Phi) is 25.8. The van der Waals surface area contributed by atoms with Crippen molar-refractivity contribution in [2.75, 3.05) is 27.7 Å². The van der Waals surface area contributed by atoms with Crippen LogP contribution in [0.25, 0.3) is 0 Å². The minimum absolute atomic E-state index is 0.0398. The maximum absolute atomic E-state index is 14.4. The molecule has 0 saturated carbocycles. The summed E-state index contributed by atoms with van der Waals surface area (Å²) in [6.45, 7) is 19.1. The van der Waals surface area contributed by atoms with Gasteiger partial charge in [-0.3, -0.25) is 19.2 Å². The van der Waals surface area contributed by atoms with Crippen molar-refractivity contribution in [2.45, 2.75) is 270 Å². The van der Waals surface area contributed by atoms with Gasteiger partial charge in [-0.2, -0.15) is 0 Å². The predicted molar refractivity (Wildman–Crippen MR) is 269 cm³/mol. The molecule has 3 aliphatic heterocycles. The highest BCUT2D eigenvalue weighted by molar-refractivity contribution is 5.83. The lowest BCUT2D eigenvalue weighted by Crippen LogP contribution is -2.61. The normalized spacial score (nSPS) is 38.9. The number of nitrogens with zero attached hydrogens (tertiary/aromatic N) is 1. The smallest absolute Gasteiger partial charge is 0.311 e. The number of carbonyl (C=O) groups excluding carboxylic acids is 4. The molecule has 3 heterocycles. The van der Waals surface area contributed by atoms with Crippen LogP contribution < -0.4 is 5.32 Å². The summed E-state index contributed by atoms with van der Waals surface area (Å²) < 4.78 is 44.4. The Bertz CT molecular complexity index is 1630. The Labute approximate surface area is 426 Å². The highest BCUT2D eigenvalue weighted by Crippen LogP contribution is 2.41. The van der Waals surface area contributed by atoms with Crippen molar-refractivity contribution >= 4 is 23.6 Å². The monoisotopic (exact) mass is 1010 g/mol. The third kappa shape index (κ3) is 17.9. The van der Waals surface area contributed by atoms with Crippen LogP contribution in [0.15, 0.2) is 0 Å². The molecule has 0 aromatic heterocycles. The maximum Gasteiger partial charge on any atom is 0.311 e. The van der Waals surface area contributed by atoms with Crippen LogP contribution in [-0.4, -0.2) is 161 Å². The van der Waals surface area contributed by atoms with Gasteiger partial charge in [-0.25, -0.2) is 0 Å². The molecule has 0 spiro atoms. The van der Waals surface area contributed by atoms with Gasteiger partial charge >= 0.3 is 11.9 Å². The number of esters is 2. The van der Waals surface area contributed by atoms with Crippen LogP contribution >= 0.6 is 0 Å². The molecule has 0 aromatic carbocycles. The predicted octanol–water partition coefficient (Wildman–Crippen LogP) is 6.54. The standard InChI is InChI=1S/C54H98N2O15/c1-15-17-18-19-20-21-22-23-24-25-29-55-41(57)27-26-28-42(58)69-46-39(56(12)13)30-34(4)66-51(46)71-49-36(6)45(70-43-32-53(10,65-14)48(61)38(8)67-43)37(7)50(62)68-40(16-2)54(11,64)47(60)35(5)44(59)33(3)31-52(49,9)63/h33-40,43,45-49,51,60-61,63-64H,15-32H2,1-14H3,(H,55,57). The number of cyclic esters (lactones) is 1. The summed E-state index contributed by atoms with van der Waals surface area (Å²) in [4.78, 5) is 57.0. The van der Waals surface area contributed by atoms with Crippen molar-refractivity contribution in [2.24, 2.45) is 23.7 Å². The molecular formula is C54H98N2O15. The van der Waals surface area contributed by atoms with Crippen LogP contribution in [-0.2, 0) is 52.3 Å². The number of aliphatic hydroxyl groups excluding tert-OH is 2. The molecule has 3 saturated heterocycles. The Morgan fingerprint density at radius 3 is 1.96 bits per heavy atom. The van der Waals surface area contributed by atoms with Gasteiger partial charge in [0.25, 0.3) is 0 Å². The van der Waals surface area contributed by atoms with Gasteiger partial charge in [0.2, 0.25) is 5.91 Å². The van der Waals surface area contributed by atoms with Crippen molar-refractivity contribution < 1.29 is 72.8 Å². The van der Waals surface area contributed by atoms with Crippen LogP contribution in [0.4, 0.5) is 0 Å². The summed E-state index contributed by atoms with van der Waals surface area (Å²) in [7, 11) is 5.19. The summed E-state index contributed by atoms with van der Waals surface area (Å²) in [5, 5.41) is 50.2. The summed E-state index contributed by atoms with van der Waals surface area (Å²) >= 11 is 0. The molecule has 3 aliphatic rings. The van der Waals surface area contributed by atoms with Crippen LogP contribution in [0.2, 0.25) is 0 Å². The quantitative estimate of drug-likeness (QED) is 0.0540. The van der Waals surface area contributed by atoms with Crippen molar-refractivity contribution in [3.05, 3.63) is 0 Å². The second-order valence-corrected chi connectivity index (χ2v) is 22.3. The lowest BCUT2D eigenvalue weighted by atomic mass is 9.74. The zero-order valence-corrected chi connectivity index (χ0v) is 46.1. The number of carbonyl (C=O) groups is 4. The number of Topliss-reactive ketones (excluding diaryl/α,β-unsaturated/α-hetero) is 1. The topological polar surface area (TPSA) is 229 Å². The molecule has 414 valence electrons. The fraction of sp³-hybridized carbons (Fsp3) is 0.926. The molecule has 0 radical (unpaired) electrons. The van der Waals surface area contributed by atoms with E-state index in [1.54, 1.807) is 41.5 Å². The molecule has 18 unspecified atom stereocenters. The van der Waals surface area contributed by atoms with Gasteiger partial charge < -0.3 is 63.8 Å². The average Bonchev–Trinajstić information content (AvgIpc) is 3.31. The summed E-state index contributed by atoms with van der Waals surface area (Å²) in [5.74, 6) is -6.01. The van der Waals surface area contributed by atoms with Gasteiger partial charge in [0.05, 0.1) is 53.7 Å². The number of amides is 1. The summed E-state index contributed by atoms with van der Waals surface area (Å²) in [6, 6.07) is -0.409. The lowest BCUT2D eigenvalue weighted by molar-refractivity contribution is -0.319. The minimum Gasteiger partial charge on any atom is -0.459 e. The molecule has 3 rings (SSSR count). The van der Waals surface area contributed by atoms with Gasteiger partial charge in [0, 0.05) is 50.7 Å². The average molecular weight is 1020 g/mol. The number of nitrogens with one attached hydrogen (secondary N) is 1. The molecule has 18 atom stereocenters. The van der Waals surface area contributed by atoms with Gasteiger partial charge in [-0.15, -0.1) is 0 Å². The zero-order chi connectivity index (χ0) is 53.4. The molecule has 71 heavy (non-hydrogen) atoms. The first-order valence-electron chi connectivity index (χ1n) is 27.1. The minimum atomic E-state index is -2.04. The van der Waals surface area contributed by atoms with Crippen LogP contribution in [0, 0.1) is 23.7 Å². The SMILES string of the molecule is CCCCCCCCCCCCNC(=O)CCCC(=O)OC1C(OC2C(C)C(OC3CC(C)(OC)C(O)C(C)O3)C(C)C(=O)OC(CC)C(C)(O)C(O)C(C)C(=O)C(C)CC2(C)O)OC(C)CC1N(C)C. The highest BCUT2D eigenvalue weighted by atomic mass is 16.7. The van der Waals surface area contributed by atoms with Gasteiger partial charge in [-0.1, -0.05) is 92.4 Å². The summed E-state index contributed by atoms with van der Waals surface area (Å²) in [5.41, 5.74) is -5.04. The zero-order valence-electron chi connectivity index (χ0n) is 46.1. The van der Waals surface area contributed by atoms with Gasteiger partial charge in [0.15, 0.2) is 18.7 Å². The van der Waals surface area contributed by atoms with Crippen LogP contribution in [0.1, 0.15) is 185 Å². The molecule has 0 aliphatic carbocycles. The maximum atomic E-state index is 14.4. The molecule has 0 bridgehead atoms. The summed E-state index contributed by atoms with van der Waals surface area (Å²) in [6.07, 6.45) is 1.99. The van der Waals surface area contributed by atoms with E-state index in [9.17, 15) is 39.6 Å². The van der Waals surface area contributed by atoms with Crippen molar-refractivity contribution in [3.63, 3.8) is 0 Å². The second kappa shape index (κ2) is 29.1. The molecular weight excluding hydrogens is 917 g/mol. The van der Waals surface area contributed by atoms with Crippen molar-refractivity contribution in [3.8, 4) is 0 Å². The van der Waals surface area contributed by atoms with E-state index in [4.69, 9.17) is 33.2 Å². The van der Waals surface area contributed by atoms with Gasteiger partial charge in [0.1, 0.15) is 23.6 Å². The van der Waals surface area contributed by atoms with Crippen LogP contribution in [0.3, 0.4) is 0 Å². The fourth-order valence-corrected chi connectivity index (χ4v) is 11.1. The lowest BCUT2D eigenvalue weighted by Gasteiger charge is -2.49. The number of methoxy groups -OCH3 is 1. The van der Waals surface area contributed by atoms with Crippen LogP contribution in [0.5, 0.6) is 0 Å². The number of ether oxygens (including phenoxy) is 7. The van der Waals surface area contributed by atoms with E-state index in [2.05, 4.69) is 12.2 Å². The number of likely N-dealkylation sites (N-methyl/N-ethyl adjacent to an activating group) is 1. The van der Waals surface area contributed by atoms with E-state index < -0.39 is 126 Å². The Balaban J connectivity index is 1.94. The van der Waals surface area contributed by atoms with Crippen molar-refractivity contribution in [1.82, 2.24) is 10.2 Å². The number of unbranched alkanes of at least 4 members (excludes halogenated alkanes) is 9. The Morgan fingerprint density at radius 2 is 1.38 bits per heavy atom. The third-order valence-corrected chi connectivity index (χ3v) is 15.7. The first kappa shape index (κ1) is 63.0. The third-order valence-electron chi connectivity index (χ3n) is 15.7. The molecule has 0 aromatic rings. The highest BCUT2D eigenvalue weighted by Gasteiger charge is 2.54.